The largest absolute Gasteiger partial charge is 0.469 e. The monoisotopic (exact) mass is 361 g/mol. The molecular formula is C15H20FNO6S. The second kappa shape index (κ2) is 8.02. The third kappa shape index (κ3) is 4.50. The molecule has 0 unspecified atom stereocenters. The standard InChI is InChI=1S/C15H20FNO6S/c1-22-15(19)8-10-6-7-12(13(9-18)23-10)17-24(20,21)14-5-3-2-4-11(14)16/h2-5,10,12-13,17-18H,6-9H2,1H3/t10-,12-,13+/m1/s1. The van der Waals surface area contributed by atoms with E-state index in [-0.39, 0.29) is 6.42 Å². The average Bonchev–Trinajstić information content (AvgIpc) is 2.56. The highest BCUT2D eigenvalue weighted by atomic mass is 32.2. The van der Waals surface area contributed by atoms with E-state index in [4.69, 9.17) is 4.74 Å². The van der Waals surface area contributed by atoms with E-state index in [1.54, 1.807) is 0 Å². The number of benzene rings is 1. The van der Waals surface area contributed by atoms with Crippen molar-refractivity contribution in [3.8, 4) is 0 Å². The second-order valence-electron chi connectivity index (χ2n) is 5.49. The summed E-state index contributed by atoms with van der Waals surface area (Å²) in [4.78, 5) is 10.8. The number of hydrogen-bond acceptors (Lipinski definition) is 6. The van der Waals surface area contributed by atoms with Crippen LogP contribution in [0.25, 0.3) is 0 Å². The van der Waals surface area contributed by atoms with Crippen molar-refractivity contribution in [1.82, 2.24) is 4.72 Å². The fraction of sp³-hybridized carbons (Fsp3) is 0.533. The van der Waals surface area contributed by atoms with Gasteiger partial charge >= 0.3 is 5.97 Å². The van der Waals surface area contributed by atoms with Crippen molar-refractivity contribution in [2.45, 2.75) is 42.4 Å². The molecule has 9 heteroatoms. The summed E-state index contributed by atoms with van der Waals surface area (Å²) in [6.07, 6.45) is -0.491. The minimum Gasteiger partial charge on any atom is -0.469 e. The smallest absolute Gasteiger partial charge is 0.308 e. The van der Waals surface area contributed by atoms with E-state index in [0.717, 1.165) is 12.1 Å². The summed E-state index contributed by atoms with van der Waals surface area (Å²) in [6, 6.07) is 4.32. The molecule has 0 aliphatic carbocycles. The number of ether oxygens (including phenoxy) is 2. The highest BCUT2D eigenvalue weighted by Gasteiger charge is 2.35. The van der Waals surface area contributed by atoms with Crippen molar-refractivity contribution in [2.24, 2.45) is 0 Å². The number of hydrogen-bond donors (Lipinski definition) is 2. The highest BCUT2D eigenvalue weighted by Crippen LogP contribution is 2.24. The van der Waals surface area contributed by atoms with E-state index in [1.165, 1.54) is 19.2 Å². The van der Waals surface area contributed by atoms with Crippen molar-refractivity contribution in [3.63, 3.8) is 0 Å². The number of esters is 1. The summed E-state index contributed by atoms with van der Waals surface area (Å²) in [5.74, 6) is -1.30. The van der Waals surface area contributed by atoms with Gasteiger partial charge < -0.3 is 14.6 Å². The van der Waals surface area contributed by atoms with Crippen LogP contribution in [-0.2, 0) is 24.3 Å². The van der Waals surface area contributed by atoms with Gasteiger partial charge in [-0.3, -0.25) is 4.79 Å². The van der Waals surface area contributed by atoms with Crippen LogP contribution in [0.2, 0.25) is 0 Å². The molecule has 3 atom stereocenters. The van der Waals surface area contributed by atoms with Crippen LogP contribution >= 0.6 is 0 Å². The van der Waals surface area contributed by atoms with Gasteiger partial charge in [0.15, 0.2) is 0 Å². The first kappa shape index (κ1) is 18.8. The number of carbonyl (C=O) groups excluding carboxylic acids is 1. The number of rotatable bonds is 6. The zero-order valence-corrected chi connectivity index (χ0v) is 14.0. The van der Waals surface area contributed by atoms with E-state index in [9.17, 15) is 22.7 Å². The lowest BCUT2D eigenvalue weighted by Gasteiger charge is -2.35. The molecular weight excluding hydrogens is 341 g/mol. The number of methoxy groups -OCH3 is 1. The zero-order chi connectivity index (χ0) is 17.7. The Bertz CT molecular complexity index is 680. The Balaban J connectivity index is 2.07. The summed E-state index contributed by atoms with van der Waals surface area (Å²) in [5.41, 5.74) is 0. The molecule has 0 saturated carbocycles. The average molecular weight is 361 g/mol. The molecule has 0 bridgehead atoms. The second-order valence-corrected chi connectivity index (χ2v) is 7.18. The fourth-order valence-electron chi connectivity index (χ4n) is 2.61. The topological polar surface area (TPSA) is 102 Å². The molecule has 134 valence electrons. The van der Waals surface area contributed by atoms with E-state index in [2.05, 4.69) is 9.46 Å². The first-order chi connectivity index (χ1) is 11.4. The van der Waals surface area contributed by atoms with Crippen LogP contribution in [-0.4, -0.2) is 51.5 Å². The lowest BCUT2D eigenvalue weighted by atomic mass is 9.98. The number of halogens is 1. The molecule has 0 spiro atoms. The molecule has 1 aromatic rings. The van der Waals surface area contributed by atoms with Gasteiger partial charge in [-0.15, -0.1) is 0 Å². The van der Waals surface area contributed by atoms with Crippen LogP contribution in [0, 0.1) is 5.82 Å². The van der Waals surface area contributed by atoms with Gasteiger partial charge in [-0.1, -0.05) is 12.1 Å². The molecule has 1 aliphatic heterocycles. The van der Waals surface area contributed by atoms with E-state index < -0.39 is 51.6 Å². The highest BCUT2D eigenvalue weighted by molar-refractivity contribution is 7.89. The lowest BCUT2D eigenvalue weighted by Crippen LogP contribution is -2.51. The molecule has 1 aliphatic rings. The Morgan fingerprint density at radius 3 is 2.75 bits per heavy atom. The Morgan fingerprint density at radius 2 is 2.12 bits per heavy atom. The summed E-state index contributed by atoms with van der Waals surface area (Å²) in [5, 5.41) is 9.44. The Labute approximate surface area is 139 Å². The van der Waals surface area contributed by atoms with Gasteiger partial charge in [-0.05, 0) is 25.0 Å². The third-order valence-corrected chi connectivity index (χ3v) is 5.37. The van der Waals surface area contributed by atoms with Crippen molar-refractivity contribution in [3.05, 3.63) is 30.1 Å². The summed E-state index contributed by atoms with van der Waals surface area (Å²) < 4.78 is 50.9. The Hall–Kier alpha value is -1.55. The van der Waals surface area contributed by atoms with E-state index >= 15 is 0 Å². The predicted octanol–water partition coefficient (Wildman–Crippen LogP) is 0.576. The maximum atomic E-state index is 13.7. The number of aliphatic hydroxyl groups is 1. The molecule has 24 heavy (non-hydrogen) atoms. The summed E-state index contributed by atoms with van der Waals surface area (Å²) in [7, 11) is -2.82. The predicted molar refractivity (Wildman–Crippen MR) is 82.1 cm³/mol. The molecule has 0 aromatic heterocycles. The summed E-state index contributed by atoms with van der Waals surface area (Å²) >= 11 is 0. The van der Waals surface area contributed by atoms with Gasteiger partial charge in [0, 0.05) is 0 Å². The van der Waals surface area contributed by atoms with Gasteiger partial charge in [-0.25, -0.2) is 17.5 Å². The molecule has 0 amide bonds. The number of carbonyl (C=O) groups is 1. The van der Waals surface area contributed by atoms with Gasteiger partial charge in [0.2, 0.25) is 10.0 Å². The molecule has 2 rings (SSSR count). The number of sulfonamides is 1. The lowest BCUT2D eigenvalue weighted by molar-refractivity contribution is -0.149. The van der Waals surface area contributed by atoms with Crippen molar-refractivity contribution >= 4 is 16.0 Å². The molecule has 7 nitrogen and oxygen atoms in total. The zero-order valence-electron chi connectivity index (χ0n) is 13.1. The van der Waals surface area contributed by atoms with Crippen LogP contribution in [0.1, 0.15) is 19.3 Å². The molecule has 1 fully saturated rings. The van der Waals surface area contributed by atoms with Crippen molar-refractivity contribution in [2.75, 3.05) is 13.7 Å². The van der Waals surface area contributed by atoms with Crippen LogP contribution < -0.4 is 4.72 Å². The quantitative estimate of drug-likeness (QED) is 0.719. The number of aliphatic hydroxyl groups excluding tert-OH is 1. The van der Waals surface area contributed by atoms with Crippen LogP contribution in [0.4, 0.5) is 4.39 Å². The maximum absolute atomic E-state index is 13.7. The molecule has 1 saturated heterocycles. The Morgan fingerprint density at radius 1 is 1.42 bits per heavy atom. The van der Waals surface area contributed by atoms with Crippen molar-refractivity contribution < 1.29 is 32.2 Å². The molecule has 0 radical (unpaired) electrons. The van der Waals surface area contributed by atoms with Crippen LogP contribution in [0.5, 0.6) is 0 Å². The van der Waals surface area contributed by atoms with E-state index in [0.29, 0.717) is 12.8 Å². The molecule has 2 N–H and O–H groups in total. The first-order valence-corrected chi connectivity index (χ1v) is 8.95. The normalized spacial score (nSPS) is 24.5. The van der Waals surface area contributed by atoms with Gasteiger partial charge in [0.25, 0.3) is 0 Å². The molecule has 1 heterocycles. The maximum Gasteiger partial charge on any atom is 0.308 e. The Kier molecular flexibility index (Phi) is 6.27. The van der Waals surface area contributed by atoms with E-state index in [1.807, 2.05) is 0 Å². The minimum atomic E-state index is -4.09. The van der Waals surface area contributed by atoms with Gasteiger partial charge in [0.1, 0.15) is 10.7 Å². The van der Waals surface area contributed by atoms with Crippen LogP contribution in [0.15, 0.2) is 29.2 Å². The SMILES string of the molecule is COC(=O)C[C@H]1CC[C@@H](NS(=O)(=O)c2ccccc2F)[C@H](CO)O1. The number of nitrogens with one attached hydrogen (secondary N) is 1. The first-order valence-electron chi connectivity index (χ1n) is 7.47. The van der Waals surface area contributed by atoms with Gasteiger partial charge in [0.05, 0.1) is 38.4 Å². The van der Waals surface area contributed by atoms with Crippen LogP contribution in [0.3, 0.4) is 0 Å². The van der Waals surface area contributed by atoms with Gasteiger partial charge in [-0.2, -0.15) is 0 Å². The summed E-state index contributed by atoms with van der Waals surface area (Å²) in [6.45, 7) is -0.428. The third-order valence-electron chi connectivity index (χ3n) is 3.85. The molecule has 1 aromatic carbocycles. The fourth-order valence-corrected chi connectivity index (χ4v) is 3.99. The van der Waals surface area contributed by atoms with Crippen molar-refractivity contribution in [1.29, 1.82) is 0 Å². The minimum absolute atomic E-state index is 0.0276.